The van der Waals surface area contributed by atoms with E-state index in [9.17, 15) is 36.2 Å². The molecule has 2 aromatic rings. The van der Waals surface area contributed by atoms with Crippen molar-refractivity contribution in [3.63, 3.8) is 0 Å². The fourth-order valence-electron chi connectivity index (χ4n) is 4.47. The highest BCUT2D eigenvalue weighted by Gasteiger charge is 2.68. The molecule has 0 aliphatic heterocycles. The van der Waals surface area contributed by atoms with Gasteiger partial charge >= 0.3 is 18.3 Å². The minimum absolute atomic E-state index is 0.0128. The first-order chi connectivity index (χ1) is 16.5. The summed E-state index contributed by atoms with van der Waals surface area (Å²) in [5, 5.41) is 18.3. The Kier molecular flexibility index (Phi) is 8.71. The first-order valence-electron chi connectivity index (χ1n) is 11.5. The summed E-state index contributed by atoms with van der Waals surface area (Å²) in [5.41, 5.74) is -1.17. The molecule has 2 N–H and O–H groups in total. The molecule has 0 aromatic heterocycles. The highest BCUT2D eigenvalue weighted by molar-refractivity contribution is 5.67. The molecule has 0 unspecified atom stereocenters. The average molecular weight is 517 g/mol. The van der Waals surface area contributed by atoms with Crippen LogP contribution in [-0.2, 0) is 16.6 Å². The second-order valence-electron chi connectivity index (χ2n) is 8.99. The van der Waals surface area contributed by atoms with E-state index in [-0.39, 0.29) is 18.1 Å². The highest BCUT2D eigenvalue weighted by atomic mass is 19.4. The van der Waals surface area contributed by atoms with Crippen LogP contribution in [0.2, 0.25) is 0 Å². The Balaban J connectivity index is 2.50. The number of carboxylic acid groups (broad SMARTS) is 1. The van der Waals surface area contributed by atoms with Crippen molar-refractivity contribution in [1.82, 2.24) is 0 Å². The molecule has 0 radical (unpaired) electrons. The van der Waals surface area contributed by atoms with E-state index in [4.69, 9.17) is 5.11 Å². The summed E-state index contributed by atoms with van der Waals surface area (Å²) in [7, 11) is 0. The average Bonchev–Trinajstić information content (AvgIpc) is 2.77. The lowest BCUT2D eigenvalue weighted by atomic mass is 9.69. The predicted octanol–water partition coefficient (Wildman–Crippen LogP) is 7.30. The summed E-state index contributed by atoms with van der Waals surface area (Å²) in [4.78, 5) is 10.9. The van der Waals surface area contributed by atoms with Gasteiger partial charge in [-0.15, -0.1) is 0 Å². The third kappa shape index (κ3) is 5.77. The molecule has 9 heteroatoms. The minimum atomic E-state index is -5.93. The Morgan fingerprint density at radius 1 is 0.861 bits per heavy atom. The maximum absolute atomic E-state index is 13.0. The summed E-state index contributed by atoms with van der Waals surface area (Å²) in [6.07, 6.45) is -9.72. The number of halogens is 6. The molecule has 3 nitrogen and oxygen atoms in total. The third-order valence-corrected chi connectivity index (χ3v) is 6.90. The van der Waals surface area contributed by atoms with Gasteiger partial charge in [-0.25, -0.2) is 0 Å². The quantitative estimate of drug-likeness (QED) is 0.344. The molecule has 0 heterocycles. The predicted molar refractivity (Wildman–Crippen MR) is 126 cm³/mol. The normalized spacial score (nSPS) is 13.4. The first-order valence-corrected chi connectivity index (χ1v) is 11.5. The zero-order chi connectivity index (χ0) is 27.5. The minimum Gasteiger partial charge on any atom is -0.481 e. The Hall–Kier alpha value is -2.81. The Labute approximate surface area is 206 Å². The number of aliphatic hydroxyl groups is 1. The number of aliphatic carboxylic acids is 1. The van der Waals surface area contributed by atoms with Gasteiger partial charge in [0.05, 0.1) is 0 Å². The van der Waals surface area contributed by atoms with Crippen LogP contribution in [-0.4, -0.2) is 34.1 Å². The third-order valence-electron chi connectivity index (χ3n) is 6.90. The van der Waals surface area contributed by atoms with E-state index in [0.717, 1.165) is 22.3 Å². The second-order valence-corrected chi connectivity index (χ2v) is 8.99. The molecular formula is C27H30F6O3. The lowest BCUT2D eigenvalue weighted by Crippen LogP contribution is -2.55. The van der Waals surface area contributed by atoms with Gasteiger partial charge in [0.15, 0.2) is 0 Å². The number of hydrogen-bond acceptors (Lipinski definition) is 2. The molecule has 0 spiro atoms. The SMILES string of the molecule is CCC(CC)(c1ccc(C=CC(O)(C(F)(F)F)C(F)(F)F)c(C)c1)c1ccc(CCC(=O)O)c(C)c1. The largest absolute Gasteiger partial charge is 0.481 e. The monoisotopic (exact) mass is 516 g/mol. The van der Waals surface area contributed by atoms with E-state index in [1.54, 1.807) is 19.1 Å². The van der Waals surface area contributed by atoms with Crippen LogP contribution in [0.5, 0.6) is 0 Å². The number of carboxylic acids is 1. The fourth-order valence-corrected chi connectivity index (χ4v) is 4.47. The Bertz CT molecular complexity index is 1100. The molecule has 2 aromatic carbocycles. The maximum atomic E-state index is 13.0. The summed E-state index contributed by atoms with van der Waals surface area (Å²) in [6, 6.07) is 10.7. The lowest BCUT2D eigenvalue weighted by molar-refractivity contribution is -0.347. The molecule has 198 valence electrons. The number of aryl methyl sites for hydroxylation is 3. The van der Waals surface area contributed by atoms with Crippen molar-refractivity contribution in [2.45, 2.75) is 76.7 Å². The number of rotatable bonds is 9. The molecule has 0 atom stereocenters. The first kappa shape index (κ1) is 29.4. The van der Waals surface area contributed by atoms with E-state index >= 15 is 0 Å². The fraction of sp³-hybridized carbons (Fsp3) is 0.444. The Morgan fingerprint density at radius 2 is 1.36 bits per heavy atom. The standard InChI is InChI=1S/C27H30F6O3/c1-5-24(6-2,21-10-7-19(17(3)15-21)9-12-23(34)35)22-11-8-20(18(4)16-22)13-14-25(36,26(28,29)30)27(31,32)33/h7-8,10-11,13-16,36H,5-6,9,12H2,1-4H3,(H,34,35). The van der Waals surface area contributed by atoms with Crippen molar-refractivity contribution in [3.8, 4) is 0 Å². The lowest BCUT2D eigenvalue weighted by Gasteiger charge is -2.34. The molecule has 0 aliphatic rings. The van der Waals surface area contributed by atoms with Crippen LogP contribution in [0.25, 0.3) is 6.08 Å². The van der Waals surface area contributed by atoms with Crippen molar-refractivity contribution in [1.29, 1.82) is 0 Å². The maximum Gasteiger partial charge on any atom is 0.430 e. The van der Waals surface area contributed by atoms with Crippen LogP contribution in [0.3, 0.4) is 0 Å². The number of carbonyl (C=O) groups is 1. The smallest absolute Gasteiger partial charge is 0.430 e. The molecule has 0 saturated carbocycles. The molecule has 0 bridgehead atoms. The zero-order valence-corrected chi connectivity index (χ0v) is 20.5. The number of benzene rings is 2. The van der Waals surface area contributed by atoms with Crippen LogP contribution in [0.15, 0.2) is 42.5 Å². The second kappa shape index (κ2) is 10.7. The van der Waals surface area contributed by atoms with E-state index in [0.29, 0.717) is 30.9 Å². The summed E-state index contributed by atoms with van der Waals surface area (Å²) < 4.78 is 78.0. The van der Waals surface area contributed by atoms with Gasteiger partial charge in [0.2, 0.25) is 0 Å². The molecule has 0 aliphatic carbocycles. The van der Waals surface area contributed by atoms with Crippen molar-refractivity contribution in [2.24, 2.45) is 0 Å². The van der Waals surface area contributed by atoms with Crippen molar-refractivity contribution < 1.29 is 41.4 Å². The topological polar surface area (TPSA) is 57.5 Å². The molecular weight excluding hydrogens is 486 g/mol. The van der Waals surface area contributed by atoms with Gasteiger partial charge in [-0.3, -0.25) is 4.79 Å². The van der Waals surface area contributed by atoms with Gasteiger partial charge in [0.25, 0.3) is 5.60 Å². The van der Waals surface area contributed by atoms with Gasteiger partial charge in [-0.05, 0) is 72.6 Å². The molecule has 0 saturated heterocycles. The molecule has 36 heavy (non-hydrogen) atoms. The molecule has 2 rings (SSSR count). The van der Waals surface area contributed by atoms with Crippen molar-refractivity contribution in [2.75, 3.05) is 0 Å². The van der Waals surface area contributed by atoms with Gasteiger partial charge in [-0.1, -0.05) is 56.3 Å². The van der Waals surface area contributed by atoms with E-state index in [2.05, 4.69) is 0 Å². The zero-order valence-electron chi connectivity index (χ0n) is 20.5. The molecule has 0 fully saturated rings. The van der Waals surface area contributed by atoms with Gasteiger partial charge in [0, 0.05) is 11.8 Å². The van der Waals surface area contributed by atoms with Crippen LogP contribution in [0.1, 0.15) is 66.5 Å². The summed E-state index contributed by atoms with van der Waals surface area (Å²) in [6.45, 7) is 7.47. The van der Waals surface area contributed by atoms with Crippen LogP contribution in [0, 0.1) is 13.8 Å². The molecule has 0 amide bonds. The number of hydrogen-bond donors (Lipinski definition) is 2. The van der Waals surface area contributed by atoms with Gasteiger partial charge < -0.3 is 10.2 Å². The van der Waals surface area contributed by atoms with Crippen molar-refractivity contribution >= 4 is 12.0 Å². The summed E-state index contributed by atoms with van der Waals surface area (Å²) in [5.74, 6) is -0.886. The van der Waals surface area contributed by atoms with E-state index < -0.39 is 29.3 Å². The van der Waals surface area contributed by atoms with Crippen LogP contribution >= 0.6 is 0 Å². The van der Waals surface area contributed by atoms with Gasteiger partial charge in [0.1, 0.15) is 0 Å². The highest BCUT2D eigenvalue weighted by Crippen LogP contribution is 2.45. The summed E-state index contributed by atoms with van der Waals surface area (Å²) >= 11 is 0. The van der Waals surface area contributed by atoms with E-state index in [1.165, 1.54) is 6.07 Å². The van der Waals surface area contributed by atoms with Crippen molar-refractivity contribution in [3.05, 3.63) is 75.9 Å². The number of alkyl halides is 6. The van der Waals surface area contributed by atoms with Gasteiger partial charge in [-0.2, -0.15) is 26.3 Å². The van der Waals surface area contributed by atoms with E-state index in [1.807, 2.05) is 39.0 Å². The van der Waals surface area contributed by atoms with Crippen LogP contribution < -0.4 is 0 Å². The Morgan fingerprint density at radius 3 is 1.78 bits per heavy atom. The van der Waals surface area contributed by atoms with Crippen LogP contribution in [0.4, 0.5) is 26.3 Å².